The highest BCUT2D eigenvalue weighted by molar-refractivity contribution is 9.10. The van der Waals surface area contributed by atoms with Crippen molar-refractivity contribution >= 4 is 31.9 Å². The fraction of sp³-hybridized carbons (Fsp3) is 0.294. The smallest absolute Gasteiger partial charge is 0.132 e. The lowest BCUT2D eigenvalue weighted by atomic mass is 10.2. The highest BCUT2D eigenvalue weighted by atomic mass is 79.9. The number of hydrogen-bond acceptors (Lipinski definition) is 2. The molecule has 0 radical (unpaired) electrons. The first kappa shape index (κ1) is 16.5. The van der Waals surface area contributed by atoms with E-state index in [4.69, 9.17) is 4.74 Å². The Morgan fingerprint density at radius 1 is 1.00 bits per heavy atom. The molecule has 0 saturated heterocycles. The minimum atomic E-state index is 0.435. The maximum Gasteiger partial charge on any atom is 0.132 e. The molecule has 0 amide bonds. The standard InChI is InChI=1S/C17H19Br2NO/c1-11(2)20-10-13-8-14(18)6-7-16(13)21-17-9-15(19)5-4-12(17)3/h4-9,11,20H,10H2,1-3H3. The van der Waals surface area contributed by atoms with E-state index in [9.17, 15) is 0 Å². The van der Waals surface area contributed by atoms with E-state index in [0.717, 1.165) is 38.1 Å². The Bertz CT molecular complexity index is 626. The van der Waals surface area contributed by atoms with Crippen molar-refractivity contribution in [2.75, 3.05) is 0 Å². The molecular formula is C17H19Br2NO. The van der Waals surface area contributed by atoms with Gasteiger partial charge in [0, 0.05) is 27.1 Å². The van der Waals surface area contributed by atoms with Crippen LogP contribution in [0.1, 0.15) is 25.0 Å². The quantitative estimate of drug-likeness (QED) is 0.668. The summed E-state index contributed by atoms with van der Waals surface area (Å²) in [5.74, 6) is 1.75. The monoisotopic (exact) mass is 411 g/mol. The van der Waals surface area contributed by atoms with E-state index < -0.39 is 0 Å². The second-order valence-corrected chi connectivity index (χ2v) is 7.13. The van der Waals surface area contributed by atoms with Crippen LogP contribution in [-0.4, -0.2) is 6.04 Å². The van der Waals surface area contributed by atoms with Gasteiger partial charge in [0.1, 0.15) is 11.5 Å². The van der Waals surface area contributed by atoms with Crippen molar-refractivity contribution in [2.24, 2.45) is 0 Å². The van der Waals surface area contributed by atoms with E-state index in [2.05, 4.69) is 57.1 Å². The Morgan fingerprint density at radius 2 is 1.67 bits per heavy atom. The molecule has 2 nitrogen and oxygen atoms in total. The van der Waals surface area contributed by atoms with Gasteiger partial charge in [-0.25, -0.2) is 0 Å². The minimum absolute atomic E-state index is 0.435. The minimum Gasteiger partial charge on any atom is -0.457 e. The van der Waals surface area contributed by atoms with Crippen LogP contribution in [0.15, 0.2) is 45.3 Å². The third kappa shape index (κ3) is 4.83. The number of nitrogens with one attached hydrogen (secondary N) is 1. The molecule has 0 aliphatic rings. The van der Waals surface area contributed by atoms with Crippen LogP contribution in [0.2, 0.25) is 0 Å². The molecule has 0 aromatic heterocycles. The van der Waals surface area contributed by atoms with Gasteiger partial charge in [0.15, 0.2) is 0 Å². The second-order valence-electron chi connectivity index (χ2n) is 5.30. The van der Waals surface area contributed by atoms with Crippen LogP contribution in [0.5, 0.6) is 11.5 Å². The molecule has 0 aliphatic carbocycles. The van der Waals surface area contributed by atoms with Crippen molar-refractivity contribution in [3.63, 3.8) is 0 Å². The Hall–Kier alpha value is -0.840. The normalized spacial score (nSPS) is 11.0. The Morgan fingerprint density at radius 3 is 2.38 bits per heavy atom. The topological polar surface area (TPSA) is 21.3 Å². The second kappa shape index (κ2) is 7.43. The Labute approximate surface area is 143 Å². The van der Waals surface area contributed by atoms with E-state index in [-0.39, 0.29) is 0 Å². The number of ether oxygens (including phenoxy) is 1. The summed E-state index contributed by atoms with van der Waals surface area (Å²) in [6.45, 7) is 7.10. The van der Waals surface area contributed by atoms with Crippen molar-refractivity contribution < 1.29 is 4.74 Å². The molecule has 0 saturated carbocycles. The van der Waals surface area contributed by atoms with Gasteiger partial charge in [-0.05, 0) is 42.8 Å². The lowest BCUT2D eigenvalue weighted by molar-refractivity contribution is 0.465. The summed E-state index contributed by atoms with van der Waals surface area (Å²) in [4.78, 5) is 0. The first-order chi connectivity index (χ1) is 9.95. The molecule has 0 aliphatic heterocycles. The summed E-state index contributed by atoms with van der Waals surface area (Å²) in [6, 6.07) is 12.6. The van der Waals surface area contributed by atoms with Crippen LogP contribution in [-0.2, 0) is 6.54 Å². The largest absolute Gasteiger partial charge is 0.457 e. The van der Waals surface area contributed by atoms with E-state index in [1.807, 2.05) is 37.3 Å². The summed E-state index contributed by atoms with van der Waals surface area (Å²) in [7, 11) is 0. The molecule has 0 bridgehead atoms. The van der Waals surface area contributed by atoms with Crippen molar-refractivity contribution in [2.45, 2.75) is 33.4 Å². The predicted octanol–water partition coefficient (Wildman–Crippen LogP) is 5.81. The molecular weight excluding hydrogens is 394 g/mol. The highest BCUT2D eigenvalue weighted by Crippen LogP contribution is 2.31. The number of benzene rings is 2. The van der Waals surface area contributed by atoms with E-state index in [0.29, 0.717) is 6.04 Å². The zero-order chi connectivity index (χ0) is 15.4. The number of aryl methyl sites for hydroxylation is 1. The molecule has 0 atom stereocenters. The van der Waals surface area contributed by atoms with Crippen LogP contribution in [0, 0.1) is 6.92 Å². The first-order valence-corrected chi connectivity index (χ1v) is 8.50. The van der Waals surface area contributed by atoms with Crippen molar-refractivity contribution in [3.8, 4) is 11.5 Å². The van der Waals surface area contributed by atoms with Crippen LogP contribution < -0.4 is 10.1 Å². The molecule has 2 rings (SSSR count). The Balaban J connectivity index is 2.28. The lowest BCUT2D eigenvalue weighted by Crippen LogP contribution is -2.22. The average Bonchev–Trinajstić information content (AvgIpc) is 2.43. The fourth-order valence-corrected chi connectivity index (χ4v) is 2.65. The number of rotatable bonds is 5. The number of hydrogen-bond donors (Lipinski definition) is 1. The van der Waals surface area contributed by atoms with Gasteiger partial charge in [0.05, 0.1) is 0 Å². The van der Waals surface area contributed by atoms with Gasteiger partial charge in [0.2, 0.25) is 0 Å². The van der Waals surface area contributed by atoms with Crippen LogP contribution in [0.25, 0.3) is 0 Å². The molecule has 2 aromatic rings. The molecule has 4 heteroatoms. The average molecular weight is 413 g/mol. The van der Waals surface area contributed by atoms with E-state index in [1.165, 1.54) is 0 Å². The highest BCUT2D eigenvalue weighted by Gasteiger charge is 2.09. The van der Waals surface area contributed by atoms with Gasteiger partial charge in [-0.1, -0.05) is 51.8 Å². The summed E-state index contributed by atoms with van der Waals surface area (Å²) < 4.78 is 8.19. The molecule has 0 spiro atoms. The summed E-state index contributed by atoms with van der Waals surface area (Å²) in [5, 5.41) is 3.43. The molecule has 0 heterocycles. The SMILES string of the molecule is Cc1ccc(Br)cc1Oc1ccc(Br)cc1CNC(C)C. The first-order valence-electron chi connectivity index (χ1n) is 6.91. The van der Waals surface area contributed by atoms with Crippen molar-refractivity contribution in [1.29, 1.82) is 0 Å². The predicted molar refractivity (Wildman–Crippen MR) is 95.1 cm³/mol. The van der Waals surface area contributed by atoms with Gasteiger partial charge in [-0.3, -0.25) is 0 Å². The third-order valence-electron chi connectivity index (χ3n) is 3.09. The summed E-state index contributed by atoms with van der Waals surface area (Å²) in [5.41, 5.74) is 2.25. The molecule has 0 fully saturated rings. The van der Waals surface area contributed by atoms with Gasteiger partial charge in [-0.2, -0.15) is 0 Å². The molecule has 112 valence electrons. The van der Waals surface area contributed by atoms with Gasteiger partial charge < -0.3 is 10.1 Å². The maximum atomic E-state index is 6.12. The molecule has 21 heavy (non-hydrogen) atoms. The zero-order valence-electron chi connectivity index (χ0n) is 12.4. The number of halogens is 2. The van der Waals surface area contributed by atoms with Crippen LogP contribution in [0.4, 0.5) is 0 Å². The summed E-state index contributed by atoms with van der Waals surface area (Å²) in [6.07, 6.45) is 0. The summed E-state index contributed by atoms with van der Waals surface area (Å²) >= 11 is 7.01. The van der Waals surface area contributed by atoms with Crippen LogP contribution >= 0.6 is 31.9 Å². The van der Waals surface area contributed by atoms with Crippen molar-refractivity contribution in [1.82, 2.24) is 5.32 Å². The van der Waals surface area contributed by atoms with E-state index >= 15 is 0 Å². The zero-order valence-corrected chi connectivity index (χ0v) is 15.6. The van der Waals surface area contributed by atoms with E-state index in [1.54, 1.807) is 0 Å². The van der Waals surface area contributed by atoms with Gasteiger partial charge >= 0.3 is 0 Å². The molecule has 2 aromatic carbocycles. The Kier molecular flexibility index (Phi) is 5.85. The van der Waals surface area contributed by atoms with Crippen molar-refractivity contribution in [3.05, 3.63) is 56.5 Å². The van der Waals surface area contributed by atoms with Crippen LogP contribution in [0.3, 0.4) is 0 Å². The third-order valence-corrected chi connectivity index (χ3v) is 4.08. The lowest BCUT2D eigenvalue weighted by Gasteiger charge is -2.15. The maximum absolute atomic E-state index is 6.12. The van der Waals surface area contributed by atoms with Gasteiger partial charge in [0.25, 0.3) is 0 Å². The molecule has 1 N–H and O–H groups in total. The van der Waals surface area contributed by atoms with Gasteiger partial charge in [-0.15, -0.1) is 0 Å². The fourth-order valence-electron chi connectivity index (χ4n) is 1.90. The molecule has 0 unspecified atom stereocenters.